The van der Waals surface area contributed by atoms with Crippen molar-refractivity contribution >= 4 is 5.95 Å². The van der Waals surface area contributed by atoms with E-state index in [0.717, 1.165) is 32.1 Å². The zero-order chi connectivity index (χ0) is 13.7. The topological polar surface area (TPSA) is 42.3 Å². The van der Waals surface area contributed by atoms with Crippen molar-refractivity contribution in [2.24, 2.45) is 0 Å². The lowest BCUT2D eigenvalue weighted by Crippen LogP contribution is -2.43. The van der Waals surface area contributed by atoms with E-state index in [1.807, 2.05) is 12.4 Å². The van der Waals surface area contributed by atoms with Crippen molar-refractivity contribution < 1.29 is 4.74 Å². The molecule has 0 radical (unpaired) electrons. The molecule has 0 bridgehead atoms. The quantitative estimate of drug-likeness (QED) is 0.798. The molecule has 1 aliphatic heterocycles. The number of aromatic nitrogens is 2. The maximum Gasteiger partial charge on any atom is 0.202 e. The third kappa shape index (κ3) is 3.94. The fourth-order valence-corrected chi connectivity index (χ4v) is 2.61. The number of piperidine rings is 1. The van der Waals surface area contributed by atoms with Crippen molar-refractivity contribution in [2.45, 2.75) is 44.8 Å². The van der Waals surface area contributed by atoms with Crippen LogP contribution in [0.25, 0.3) is 0 Å². The molecular weight excluding hydrogens is 240 g/mol. The van der Waals surface area contributed by atoms with Crippen LogP contribution in [0.15, 0.2) is 12.4 Å². The molecule has 1 aromatic rings. The second-order valence-corrected chi connectivity index (χ2v) is 5.49. The van der Waals surface area contributed by atoms with Gasteiger partial charge in [0, 0.05) is 51.3 Å². The van der Waals surface area contributed by atoms with Crippen molar-refractivity contribution in [3.05, 3.63) is 12.4 Å². The van der Waals surface area contributed by atoms with E-state index in [1.165, 1.54) is 12.8 Å². The Kier molecular flexibility index (Phi) is 5.22. The Labute approximate surface area is 116 Å². The van der Waals surface area contributed by atoms with E-state index < -0.39 is 0 Å². The van der Waals surface area contributed by atoms with E-state index >= 15 is 0 Å². The summed E-state index contributed by atoms with van der Waals surface area (Å²) in [7, 11) is 3.94. The van der Waals surface area contributed by atoms with Gasteiger partial charge in [-0.05, 0) is 33.2 Å². The summed E-state index contributed by atoms with van der Waals surface area (Å²) in [5, 5.41) is 3.59. The van der Waals surface area contributed by atoms with E-state index in [-0.39, 0.29) is 0 Å². The van der Waals surface area contributed by atoms with E-state index in [1.54, 1.807) is 7.11 Å². The summed E-state index contributed by atoms with van der Waals surface area (Å²) in [5.74, 6) is 0.998. The van der Waals surface area contributed by atoms with Gasteiger partial charge in [0.05, 0.1) is 0 Å². The minimum Gasteiger partial charge on any atom is -0.385 e. The average molecular weight is 266 g/mol. The Balaban J connectivity index is 1.87. The monoisotopic (exact) mass is 266 g/mol. The summed E-state index contributed by atoms with van der Waals surface area (Å²) in [5.41, 5.74) is 0. The molecule has 108 valence electrons. The number of methoxy groups -OCH3 is 1. The zero-order valence-electron chi connectivity index (χ0n) is 12.3. The summed E-state index contributed by atoms with van der Waals surface area (Å²) in [6.45, 7) is 5.20. The summed E-state index contributed by atoms with van der Waals surface area (Å²) in [6, 6.07) is 1.18. The molecule has 1 N–H and O–H groups in total. The minimum absolute atomic E-state index is 0.537. The summed E-state index contributed by atoms with van der Waals surface area (Å²) in [6.07, 6.45) is 7.29. The van der Waals surface area contributed by atoms with Crippen LogP contribution in [0.1, 0.15) is 26.2 Å². The normalized spacial score (nSPS) is 24.6. The van der Waals surface area contributed by atoms with Crippen LogP contribution in [-0.4, -0.2) is 53.8 Å². The molecule has 1 fully saturated rings. The minimum atomic E-state index is 0.537. The largest absolute Gasteiger partial charge is 0.385 e. The lowest BCUT2D eigenvalue weighted by Gasteiger charge is -2.35. The van der Waals surface area contributed by atoms with Gasteiger partial charge in [-0.15, -0.1) is 0 Å². The summed E-state index contributed by atoms with van der Waals surface area (Å²) >= 11 is 0. The number of aryl methyl sites for hydroxylation is 1. The van der Waals surface area contributed by atoms with Crippen LogP contribution < -0.4 is 5.32 Å². The smallest absolute Gasteiger partial charge is 0.202 e. The summed E-state index contributed by atoms with van der Waals surface area (Å²) < 4.78 is 7.28. The SMILES string of the molecule is COCCCn1ccnc1NC1CCN(C)C(C)C1. The van der Waals surface area contributed by atoms with Crippen LogP contribution in [0.2, 0.25) is 0 Å². The Morgan fingerprint density at radius 3 is 3.11 bits per heavy atom. The predicted octanol–water partition coefficient (Wildman–Crippen LogP) is 1.81. The van der Waals surface area contributed by atoms with Crippen molar-refractivity contribution in [3.63, 3.8) is 0 Å². The number of likely N-dealkylation sites (tertiary alicyclic amines) is 1. The molecule has 2 unspecified atom stereocenters. The number of anilines is 1. The molecular formula is C14H26N4O. The van der Waals surface area contributed by atoms with Crippen LogP contribution in [-0.2, 0) is 11.3 Å². The van der Waals surface area contributed by atoms with Gasteiger partial charge in [-0.1, -0.05) is 0 Å². The van der Waals surface area contributed by atoms with E-state index in [2.05, 4.69) is 33.7 Å². The van der Waals surface area contributed by atoms with E-state index in [9.17, 15) is 0 Å². The van der Waals surface area contributed by atoms with Crippen LogP contribution in [0.3, 0.4) is 0 Å². The fourth-order valence-electron chi connectivity index (χ4n) is 2.61. The lowest BCUT2D eigenvalue weighted by molar-refractivity contribution is 0.188. The standard InChI is InChI=1S/C14H26N4O/c1-12-11-13(5-8-17(12)2)16-14-15-6-9-18(14)7-4-10-19-3/h6,9,12-13H,4-5,7-8,10-11H2,1-3H3,(H,15,16). The Bertz CT molecular complexity index is 379. The van der Waals surface area contributed by atoms with Gasteiger partial charge in [-0.25, -0.2) is 4.98 Å². The fraction of sp³-hybridized carbons (Fsp3) is 0.786. The number of nitrogens with zero attached hydrogens (tertiary/aromatic N) is 3. The number of nitrogens with one attached hydrogen (secondary N) is 1. The molecule has 2 atom stereocenters. The zero-order valence-corrected chi connectivity index (χ0v) is 12.3. The number of imidazole rings is 1. The van der Waals surface area contributed by atoms with E-state index in [4.69, 9.17) is 4.74 Å². The van der Waals surface area contributed by atoms with Crippen molar-refractivity contribution in [2.75, 3.05) is 32.6 Å². The Hall–Kier alpha value is -1.07. The third-order valence-electron chi connectivity index (χ3n) is 4.00. The van der Waals surface area contributed by atoms with Crippen LogP contribution in [0, 0.1) is 0 Å². The first-order valence-electron chi connectivity index (χ1n) is 7.17. The molecule has 0 aliphatic carbocycles. The van der Waals surface area contributed by atoms with Gasteiger partial charge >= 0.3 is 0 Å². The van der Waals surface area contributed by atoms with Crippen molar-refractivity contribution in [3.8, 4) is 0 Å². The highest BCUT2D eigenvalue weighted by atomic mass is 16.5. The van der Waals surface area contributed by atoms with Crippen molar-refractivity contribution in [1.82, 2.24) is 14.5 Å². The second kappa shape index (κ2) is 6.91. The average Bonchev–Trinajstić information content (AvgIpc) is 2.82. The Morgan fingerprint density at radius 1 is 1.53 bits per heavy atom. The molecule has 5 heteroatoms. The molecule has 19 heavy (non-hydrogen) atoms. The third-order valence-corrected chi connectivity index (χ3v) is 4.00. The first-order chi connectivity index (χ1) is 9.20. The number of hydrogen-bond acceptors (Lipinski definition) is 4. The highest BCUT2D eigenvalue weighted by molar-refractivity contribution is 5.28. The number of rotatable bonds is 6. The highest BCUT2D eigenvalue weighted by Crippen LogP contribution is 2.19. The molecule has 0 spiro atoms. The van der Waals surface area contributed by atoms with Gasteiger partial charge in [0.2, 0.25) is 5.95 Å². The molecule has 1 saturated heterocycles. The van der Waals surface area contributed by atoms with Crippen LogP contribution in [0.5, 0.6) is 0 Å². The first-order valence-corrected chi connectivity index (χ1v) is 7.17. The summed E-state index contributed by atoms with van der Waals surface area (Å²) in [4.78, 5) is 6.85. The van der Waals surface area contributed by atoms with Gasteiger partial charge in [-0.2, -0.15) is 0 Å². The maximum atomic E-state index is 5.10. The van der Waals surface area contributed by atoms with Gasteiger partial charge in [-0.3, -0.25) is 0 Å². The molecule has 2 heterocycles. The molecule has 0 amide bonds. The first kappa shape index (κ1) is 14.3. The second-order valence-electron chi connectivity index (χ2n) is 5.49. The lowest BCUT2D eigenvalue weighted by atomic mass is 9.99. The molecule has 1 aromatic heterocycles. The maximum absolute atomic E-state index is 5.10. The van der Waals surface area contributed by atoms with Gasteiger partial charge < -0.3 is 19.5 Å². The number of hydrogen-bond donors (Lipinski definition) is 1. The molecule has 0 aromatic carbocycles. The highest BCUT2D eigenvalue weighted by Gasteiger charge is 2.23. The van der Waals surface area contributed by atoms with Crippen molar-refractivity contribution in [1.29, 1.82) is 0 Å². The van der Waals surface area contributed by atoms with E-state index in [0.29, 0.717) is 12.1 Å². The van der Waals surface area contributed by atoms with Crippen LogP contribution in [0.4, 0.5) is 5.95 Å². The molecule has 1 aliphatic rings. The van der Waals surface area contributed by atoms with Crippen LogP contribution >= 0.6 is 0 Å². The molecule has 5 nitrogen and oxygen atoms in total. The number of ether oxygens (including phenoxy) is 1. The van der Waals surface area contributed by atoms with Gasteiger partial charge in [0.1, 0.15) is 0 Å². The molecule has 2 rings (SSSR count). The molecule has 0 saturated carbocycles. The predicted molar refractivity (Wildman–Crippen MR) is 77.5 cm³/mol. The van der Waals surface area contributed by atoms with Gasteiger partial charge in [0.25, 0.3) is 0 Å². The Morgan fingerprint density at radius 2 is 2.37 bits per heavy atom. The van der Waals surface area contributed by atoms with Gasteiger partial charge in [0.15, 0.2) is 0 Å².